The summed E-state index contributed by atoms with van der Waals surface area (Å²) in [6, 6.07) is 6.39. The summed E-state index contributed by atoms with van der Waals surface area (Å²) >= 11 is 5.74. The van der Waals surface area contributed by atoms with Gasteiger partial charge in [-0.1, -0.05) is 11.6 Å². The average molecular weight is 297 g/mol. The molecule has 108 valence electrons. The van der Waals surface area contributed by atoms with E-state index in [2.05, 4.69) is 10.6 Å². The number of nitrogens with one attached hydrogen (secondary N) is 2. The van der Waals surface area contributed by atoms with Crippen molar-refractivity contribution in [3.63, 3.8) is 0 Å². The van der Waals surface area contributed by atoms with Gasteiger partial charge in [0.2, 0.25) is 0 Å². The van der Waals surface area contributed by atoms with Crippen LogP contribution in [-0.4, -0.2) is 29.6 Å². The molecule has 1 aliphatic rings. The number of benzene rings is 1. The molecule has 2 amide bonds. The van der Waals surface area contributed by atoms with Crippen LogP contribution in [0.15, 0.2) is 24.3 Å². The summed E-state index contributed by atoms with van der Waals surface area (Å²) in [5.74, 6) is -1.00. The standard InChI is InChI=1S/C14H17ClN2O3/c15-10-3-5-11(6-4-10)16-13(19)14(20)17-12(7-8-18)9-1-2-9/h3-6,9,12,18H,1-2,7-8H2,(H,16,19)(H,17,20). The summed E-state index contributed by atoms with van der Waals surface area (Å²) in [5.41, 5.74) is 0.514. The number of hydrogen-bond acceptors (Lipinski definition) is 3. The molecule has 1 atom stereocenters. The van der Waals surface area contributed by atoms with Gasteiger partial charge in [-0.2, -0.15) is 0 Å². The van der Waals surface area contributed by atoms with Crippen LogP contribution in [-0.2, 0) is 9.59 Å². The van der Waals surface area contributed by atoms with E-state index in [4.69, 9.17) is 16.7 Å². The van der Waals surface area contributed by atoms with E-state index >= 15 is 0 Å². The number of carbonyl (C=O) groups excluding carboxylic acids is 2. The Labute approximate surface area is 122 Å². The summed E-state index contributed by atoms with van der Waals surface area (Å²) in [6.07, 6.45) is 2.54. The molecule has 0 aromatic heterocycles. The fourth-order valence-electron chi connectivity index (χ4n) is 2.02. The highest BCUT2D eigenvalue weighted by Crippen LogP contribution is 2.33. The van der Waals surface area contributed by atoms with Crippen molar-refractivity contribution in [3.8, 4) is 0 Å². The zero-order valence-corrected chi connectivity index (χ0v) is 11.7. The normalized spacial score (nSPS) is 15.5. The molecule has 0 spiro atoms. The summed E-state index contributed by atoms with van der Waals surface area (Å²) in [4.78, 5) is 23.6. The second kappa shape index (κ2) is 6.72. The minimum atomic E-state index is -0.712. The van der Waals surface area contributed by atoms with Crippen molar-refractivity contribution in [2.45, 2.75) is 25.3 Å². The van der Waals surface area contributed by atoms with Crippen molar-refractivity contribution < 1.29 is 14.7 Å². The van der Waals surface area contributed by atoms with Crippen molar-refractivity contribution in [1.82, 2.24) is 5.32 Å². The Morgan fingerprint density at radius 1 is 1.25 bits per heavy atom. The first-order valence-electron chi connectivity index (χ1n) is 6.58. The lowest BCUT2D eigenvalue weighted by molar-refractivity contribution is -0.136. The van der Waals surface area contributed by atoms with Gasteiger partial charge in [0.25, 0.3) is 0 Å². The van der Waals surface area contributed by atoms with E-state index in [-0.39, 0.29) is 12.6 Å². The molecule has 5 nitrogen and oxygen atoms in total. The maximum Gasteiger partial charge on any atom is 0.313 e. The van der Waals surface area contributed by atoms with Crippen LogP contribution in [0, 0.1) is 5.92 Å². The second-order valence-electron chi connectivity index (χ2n) is 4.89. The second-order valence-corrected chi connectivity index (χ2v) is 5.33. The predicted molar refractivity (Wildman–Crippen MR) is 76.4 cm³/mol. The van der Waals surface area contributed by atoms with Crippen molar-refractivity contribution in [2.75, 3.05) is 11.9 Å². The van der Waals surface area contributed by atoms with Crippen LogP contribution in [0.5, 0.6) is 0 Å². The number of hydrogen-bond donors (Lipinski definition) is 3. The minimum absolute atomic E-state index is 0.000248. The number of aliphatic hydroxyl groups is 1. The lowest BCUT2D eigenvalue weighted by Crippen LogP contribution is -2.43. The highest BCUT2D eigenvalue weighted by atomic mass is 35.5. The molecule has 1 unspecified atom stereocenters. The van der Waals surface area contributed by atoms with Gasteiger partial charge in [0.15, 0.2) is 0 Å². The molecule has 1 aliphatic carbocycles. The molecular formula is C14H17ClN2O3. The number of aliphatic hydroxyl groups excluding tert-OH is 1. The van der Waals surface area contributed by atoms with Crippen LogP contribution in [0.3, 0.4) is 0 Å². The summed E-state index contributed by atoms with van der Waals surface area (Å²) < 4.78 is 0. The van der Waals surface area contributed by atoms with Gasteiger partial charge in [-0.05, 0) is 49.4 Å². The topological polar surface area (TPSA) is 78.4 Å². The average Bonchev–Trinajstić information content (AvgIpc) is 3.25. The molecule has 1 aromatic rings. The molecule has 0 radical (unpaired) electrons. The van der Waals surface area contributed by atoms with Crippen LogP contribution in [0.4, 0.5) is 5.69 Å². The largest absolute Gasteiger partial charge is 0.396 e. The van der Waals surface area contributed by atoms with Gasteiger partial charge < -0.3 is 15.7 Å². The van der Waals surface area contributed by atoms with Crippen LogP contribution in [0.25, 0.3) is 0 Å². The highest BCUT2D eigenvalue weighted by Gasteiger charge is 2.32. The number of amides is 2. The Hall–Kier alpha value is -1.59. The molecule has 1 saturated carbocycles. The molecule has 0 saturated heterocycles. The smallest absolute Gasteiger partial charge is 0.313 e. The van der Waals surface area contributed by atoms with E-state index < -0.39 is 11.8 Å². The highest BCUT2D eigenvalue weighted by molar-refractivity contribution is 6.39. The van der Waals surface area contributed by atoms with Crippen LogP contribution >= 0.6 is 11.6 Å². The zero-order valence-electron chi connectivity index (χ0n) is 10.9. The van der Waals surface area contributed by atoms with Gasteiger partial charge in [0.1, 0.15) is 0 Å². The fourth-order valence-corrected chi connectivity index (χ4v) is 2.14. The molecule has 0 aliphatic heterocycles. The van der Waals surface area contributed by atoms with Gasteiger partial charge in [-0.25, -0.2) is 0 Å². The van der Waals surface area contributed by atoms with Crippen LogP contribution in [0.1, 0.15) is 19.3 Å². The third-order valence-electron chi connectivity index (χ3n) is 3.26. The van der Waals surface area contributed by atoms with Crippen molar-refractivity contribution in [1.29, 1.82) is 0 Å². The first-order valence-corrected chi connectivity index (χ1v) is 6.96. The fraction of sp³-hybridized carbons (Fsp3) is 0.429. The zero-order chi connectivity index (χ0) is 14.5. The molecular weight excluding hydrogens is 280 g/mol. The van der Waals surface area contributed by atoms with Gasteiger partial charge in [-0.15, -0.1) is 0 Å². The summed E-state index contributed by atoms with van der Waals surface area (Å²) in [5, 5.41) is 14.7. The monoisotopic (exact) mass is 296 g/mol. The lowest BCUT2D eigenvalue weighted by Gasteiger charge is -2.16. The number of rotatable bonds is 5. The van der Waals surface area contributed by atoms with Crippen molar-refractivity contribution in [3.05, 3.63) is 29.3 Å². The maximum absolute atomic E-state index is 11.8. The maximum atomic E-state index is 11.8. The van der Waals surface area contributed by atoms with Gasteiger partial charge in [0, 0.05) is 23.4 Å². The Bertz CT molecular complexity index is 486. The SMILES string of the molecule is O=C(Nc1ccc(Cl)cc1)C(=O)NC(CCO)C1CC1. The van der Waals surface area contributed by atoms with Gasteiger partial charge in [-0.3, -0.25) is 9.59 Å². The molecule has 1 fully saturated rings. The van der Waals surface area contributed by atoms with E-state index in [1.54, 1.807) is 24.3 Å². The van der Waals surface area contributed by atoms with Crippen molar-refractivity contribution in [2.24, 2.45) is 5.92 Å². The molecule has 3 N–H and O–H groups in total. The first kappa shape index (κ1) is 14.8. The lowest BCUT2D eigenvalue weighted by atomic mass is 10.1. The quantitative estimate of drug-likeness (QED) is 0.722. The number of carbonyl (C=O) groups is 2. The Kier molecular flexibility index (Phi) is 4.98. The Morgan fingerprint density at radius 2 is 1.90 bits per heavy atom. The van der Waals surface area contributed by atoms with Crippen molar-refractivity contribution >= 4 is 29.1 Å². The Morgan fingerprint density at radius 3 is 2.45 bits per heavy atom. The number of anilines is 1. The first-order chi connectivity index (χ1) is 9.60. The van der Waals surface area contributed by atoms with Crippen LogP contribution < -0.4 is 10.6 Å². The predicted octanol–water partition coefficient (Wildman–Crippen LogP) is 1.56. The van der Waals surface area contributed by atoms with Gasteiger partial charge in [0.05, 0.1) is 0 Å². The third-order valence-corrected chi connectivity index (χ3v) is 3.51. The molecule has 6 heteroatoms. The van der Waals surface area contributed by atoms with Gasteiger partial charge >= 0.3 is 11.8 Å². The summed E-state index contributed by atoms with van der Waals surface area (Å²) in [6.45, 7) is 0.000248. The van der Waals surface area contributed by atoms with E-state index in [1.807, 2.05) is 0 Å². The molecule has 0 bridgehead atoms. The molecule has 2 rings (SSSR count). The molecule has 1 aromatic carbocycles. The van der Waals surface area contributed by atoms with Crippen LogP contribution in [0.2, 0.25) is 5.02 Å². The molecule has 0 heterocycles. The van der Waals surface area contributed by atoms with E-state index in [9.17, 15) is 9.59 Å². The van der Waals surface area contributed by atoms with E-state index in [0.29, 0.717) is 23.0 Å². The Balaban J connectivity index is 1.87. The number of halogens is 1. The molecule has 20 heavy (non-hydrogen) atoms. The van der Waals surface area contributed by atoms with E-state index in [1.165, 1.54) is 0 Å². The summed E-state index contributed by atoms with van der Waals surface area (Å²) in [7, 11) is 0. The van der Waals surface area contributed by atoms with E-state index in [0.717, 1.165) is 12.8 Å². The minimum Gasteiger partial charge on any atom is -0.396 e. The third kappa shape index (κ3) is 4.21.